The molecule has 0 amide bonds. The summed E-state index contributed by atoms with van der Waals surface area (Å²) in [6.45, 7) is 10.3. The van der Waals surface area contributed by atoms with E-state index in [0.717, 1.165) is 0 Å². The second-order valence-electron chi connectivity index (χ2n) is 5.58. The molecule has 1 atom stereocenters. The lowest BCUT2D eigenvalue weighted by atomic mass is 10.1. The van der Waals surface area contributed by atoms with Gasteiger partial charge in [0.15, 0.2) is 0 Å². The maximum absolute atomic E-state index is 9.68. The van der Waals surface area contributed by atoms with E-state index in [9.17, 15) is 5.11 Å². The van der Waals surface area contributed by atoms with Crippen molar-refractivity contribution in [3.05, 3.63) is 0 Å². The zero-order valence-electron chi connectivity index (χ0n) is 13.3. The van der Waals surface area contributed by atoms with Gasteiger partial charge in [-0.05, 0) is 20.8 Å². The summed E-state index contributed by atoms with van der Waals surface area (Å²) in [5.41, 5.74) is 0.00685. The van der Waals surface area contributed by atoms with Gasteiger partial charge < -0.3 is 29.4 Å². The van der Waals surface area contributed by atoms with Crippen LogP contribution < -0.4 is 5.32 Å². The fourth-order valence-corrected chi connectivity index (χ4v) is 1.28. The molecule has 2 N–H and O–H groups in total. The second kappa shape index (κ2) is 12.5. The highest BCUT2D eigenvalue weighted by Gasteiger charge is 2.11. The van der Waals surface area contributed by atoms with Crippen LogP contribution in [0.15, 0.2) is 0 Å². The summed E-state index contributed by atoms with van der Waals surface area (Å²) in [7, 11) is 1.64. The van der Waals surface area contributed by atoms with Crippen LogP contribution in [0.5, 0.6) is 0 Å². The van der Waals surface area contributed by atoms with E-state index in [4.69, 9.17) is 18.9 Å². The summed E-state index contributed by atoms with van der Waals surface area (Å²) >= 11 is 0. The number of nitrogens with one attached hydrogen (secondary N) is 1. The summed E-state index contributed by atoms with van der Waals surface area (Å²) in [5, 5.41) is 12.9. The van der Waals surface area contributed by atoms with Crippen molar-refractivity contribution in [3.63, 3.8) is 0 Å². The summed E-state index contributed by atoms with van der Waals surface area (Å²) in [6, 6.07) is 0. The first-order valence-electron chi connectivity index (χ1n) is 7.11. The second-order valence-corrected chi connectivity index (χ2v) is 5.58. The summed E-state index contributed by atoms with van der Waals surface area (Å²) in [6.07, 6.45) is -0.494. The van der Waals surface area contributed by atoms with Crippen molar-refractivity contribution >= 4 is 0 Å². The minimum atomic E-state index is -0.494. The van der Waals surface area contributed by atoms with Crippen LogP contribution in [-0.4, -0.2) is 76.7 Å². The van der Waals surface area contributed by atoms with Crippen LogP contribution in [0.25, 0.3) is 0 Å². The molecular weight excluding hydrogens is 262 g/mol. The number of hydrogen-bond acceptors (Lipinski definition) is 6. The summed E-state index contributed by atoms with van der Waals surface area (Å²) in [5.74, 6) is 0. The van der Waals surface area contributed by atoms with Gasteiger partial charge in [0.25, 0.3) is 0 Å². The normalized spacial score (nSPS) is 13.7. The quantitative estimate of drug-likeness (QED) is 0.480. The Morgan fingerprint density at radius 1 is 0.900 bits per heavy atom. The van der Waals surface area contributed by atoms with Crippen molar-refractivity contribution in [3.8, 4) is 0 Å². The first-order chi connectivity index (χ1) is 9.45. The van der Waals surface area contributed by atoms with E-state index in [0.29, 0.717) is 52.8 Å². The van der Waals surface area contributed by atoms with Crippen LogP contribution in [0.3, 0.4) is 0 Å². The number of aliphatic hydroxyl groups is 1. The highest BCUT2D eigenvalue weighted by Crippen LogP contribution is 1.98. The molecule has 0 bridgehead atoms. The molecule has 6 nitrogen and oxygen atoms in total. The number of rotatable bonds is 13. The average molecular weight is 293 g/mol. The number of ether oxygens (including phenoxy) is 4. The van der Waals surface area contributed by atoms with E-state index in [1.54, 1.807) is 7.11 Å². The zero-order valence-corrected chi connectivity index (χ0v) is 13.3. The maximum atomic E-state index is 9.68. The van der Waals surface area contributed by atoms with Gasteiger partial charge in [-0.3, -0.25) is 0 Å². The van der Waals surface area contributed by atoms with Crippen LogP contribution >= 0.6 is 0 Å². The molecule has 6 heteroatoms. The molecule has 0 aromatic rings. The van der Waals surface area contributed by atoms with Gasteiger partial charge in [0.05, 0.1) is 52.4 Å². The van der Waals surface area contributed by atoms with Gasteiger partial charge >= 0.3 is 0 Å². The molecule has 0 aliphatic rings. The van der Waals surface area contributed by atoms with Gasteiger partial charge in [0.2, 0.25) is 0 Å². The Kier molecular flexibility index (Phi) is 12.3. The van der Waals surface area contributed by atoms with Gasteiger partial charge in [-0.15, -0.1) is 0 Å². The lowest BCUT2D eigenvalue weighted by Gasteiger charge is -2.22. The van der Waals surface area contributed by atoms with E-state index >= 15 is 0 Å². The highest BCUT2D eigenvalue weighted by atomic mass is 16.6. The molecule has 0 aliphatic heterocycles. The molecular formula is C14H31NO5. The molecule has 0 saturated carbocycles. The number of β-amino-alcohol motifs (C(OH)–C–C–N with tert-alkyl or cyclic N) is 1. The fourth-order valence-electron chi connectivity index (χ4n) is 1.28. The third kappa shape index (κ3) is 15.8. The molecule has 0 fully saturated rings. The lowest BCUT2D eigenvalue weighted by Crippen LogP contribution is -2.42. The van der Waals surface area contributed by atoms with Crippen molar-refractivity contribution in [2.45, 2.75) is 32.4 Å². The number of methoxy groups -OCH3 is 1. The molecule has 0 radical (unpaired) electrons. The van der Waals surface area contributed by atoms with Crippen molar-refractivity contribution < 1.29 is 24.1 Å². The highest BCUT2D eigenvalue weighted by molar-refractivity contribution is 4.72. The smallest absolute Gasteiger partial charge is 0.0897 e. The average Bonchev–Trinajstić information content (AvgIpc) is 2.38. The van der Waals surface area contributed by atoms with Crippen LogP contribution in [0.4, 0.5) is 0 Å². The molecule has 1 unspecified atom stereocenters. The standard InChI is InChI=1S/C14H31NO5/c1-14(2,3)15-11-13(16)12-20-10-9-19-8-7-18-6-5-17-4/h13,15-16H,5-12H2,1-4H3. The van der Waals surface area contributed by atoms with Crippen LogP contribution in [0.1, 0.15) is 20.8 Å². The van der Waals surface area contributed by atoms with Gasteiger partial charge in [0, 0.05) is 19.2 Å². The molecule has 0 rings (SSSR count). The third-order valence-electron chi connectivity index (χ3n) is 2.35. The molecule has 0 heterocycles. The minimum Gasteiger partial charge on any atom is -0.389 e. The maximum Gasteiger partial charge on any atom is 0.0897 e. The topological polar surface area (TPSA) is 69.2 Å². The predicted octanol–water partition coefficient (Wildman–Crippen LogP) is 0.432. The molecule has 0 aromatic carbocycles. The number of aliphatic hydroxyl groups excluding tert-OH is 1. The third-order valence-corrected chi connectivity index (χ3v) is 2.35. The van der Waals surface area contributed by atoms with Crippen molar-refractivity contribution in [1.29, 1.82) is 0 Å². The van der Waals surface area contributed by atoms with Gasteiger partial charge in [-0.1, -0.05) is 0 Å². The van der Waals surface area contributed by atoms with Gasteiger partial charge in [-0.2, -0.15) is 0 Å². The van der Waals surface area contributed by atoms with E-state index in [1.165, 1.54) is 0 Å². The molecule has 0 spiro atoms. The first kappa shape index (κ1) is 19.8. The minimum absolute atomic E-state index is 0.00685. The lowest BCUT2D eigenvalue weighted by molar-refractivity contribution is -0.0147. The monoisotopic (exact) mass is 293 g/mol. The first-order valence-corrected chi connectivity index (χ1v) is 7.11. The van der Waals surface area contributed by atoms with Crippen LogP contribution in [-0.2, 0) is 18.9 Å². The predicted molar refractivity (Wildman–Crippen MR) is 78.1 cm³/mol. The van der Waals surface area contributed by atoms with E-state index < -0.39 is 6.10 Å². The fraction of sp³-hybridized carbons (Fsp3) is 1.00. The van der Waals surface area contributed by atoms with Crippen molar-refractivity contribution in [1.82, 2.24) is 5.32 Å². The van der Waals surface area contributed by atoms with Gasteiger partial charge in [0.1, 0.15) is 0 Å². The van der Waals surface area contributed by atoms with Crippen LogP contribution in [0, 0.1) is 0 Å². The summed E-state index contributed by atoms with van der Waals surface area (Å²) < 4.78 is 20.7. The molecule has 122 valence electrons. The Balaban J connectivity index is 3.19. The Morgan fingerprint density at radius 3 is 1.90 bits per heavy atom. The van der Waals surface area contributed by atoms with E-state index in [-0.39, 0.29) is 5.54 Å². The molecule has 20 heavy (non-hydrogen) atoms. The SMILES string of the molecule is COCCOCCOCCOCC(O)CNC(C)(C)C. The Bertz CT molecular complexity index is 208. The van der Waals surface area contributed by atoms with Crippen LogP contribution in [0.2, 0.25) is 0 Å². The summed E-state index contributed by atoms with van der Waals surface area (Å²) in [4.78, 5) is 0. The van der Waals surface area contributed by atoms with Crippen molar-refractivity contribution in [2.75, 3.05) is 59.9 Å². The van der Waals surface area contributed by atoms with E-state index in [2.05, 4.69) is 26.1 Å². The Labute approximate surface area is 122 Å². The Hall–Kier alpha value is -0.240. The largest absolute Gasteiger partial charge is 0.389 e. The molecule has 0 saturated heterocycles. The zero-order chi connectivity index (χ0) is 15.3. The van der Waals surface area contributed by atoms with E-state index in [1.807, 2.05) is 0 Å². The molecule has 0 aliphatic carbocycles. The molecule has 0 aromatic heterocycles. The van der Waals surface area contributed by atoms with Gasteiger partial charge in [-0.25, -0.2) is 0 Å². The number of hydrogen-bond donors (Lipinski definition) is 2. The van der Waals surface area contributed by atoms with Crippen molar-refractivity contribution in [2.24, 2.45) is 0 Å². The Morgan fingerprint density at radius 2 is 1.40 bits per heavy atom.